The topological polar surface area (TPSA) is 96.2 Å². The molecule has 0 radical (unpaired) electrons. The third-order valence-electron chi connectivity index (χ3n) is 6.82. The van der Waals surface area contributed by atoms with Gasteiger partial charge in [0.2, 0.25) is 10.0 Å². The summed E-state index contributed by atoms with van der Waals surface area (Å²) < 4.78 is 25.1. The minimum atomic E-state index is -3.12. The van der Waals surface area contributed by atoms with Crippen molar-refractivity contribution in [2.45, 2.75) is 38.5 Å². The summed E-state index contributed by atoms with van der Waals surface area (Å²) in [4.78, 5) is 24.3. The number of carbonyl (C=O) groups is 2. The Morgan fingerprint density at radius 2 is 1.79 bits per heavy atom. The molecule has 2 heterocycles. The van der Waals surface area contributed by atoms with Crippen molar-refractivity contribution in [3.63, 3.8) is 0 Å². The van der Waals surface area contributed by atoms with E-state index in [0.29, 0.717) is 25.4 Å². The Balaban J connectivity index is 1.42. The third-order valence-corrected chi connectivity index (χ3v) is 8.12. The summed E-state index contributed by atoms with van der Waals surface area (Å²) in [5, 5.41) is 7.00. The molecule has 2 aromatic rings. The molecule has 0 bridgehead atoms. The molecule has 0 saturated carbocycles. The van der Waals surface area contributed by atoms with Crippen LogP contribution in [-0.2, 0) is 26.0 Å². The second-order valence-corrected chi connectivity index (χ2v) is 11.0. The van der Waals surface area contributed by atoms with E-state index in [-0.39, 0.29) is 12.2 Å². The van der Waals surface area contributed by atoms with Gasteiger partial charge in [0, 0.05) is 25.7 Å². The Hall–Kier alpha value is -2.97. The average Bonchev–Trinajstić information content (AvgIpc) is 2.83. The van der Waals surface area contributed by atoms with Crippen molar-refractivity contribution in [1.29, 1.82) is 0 Å². The molecule has 2 aromatic carbocycles. The summed E-state index contributed by atoms with van der Waals surface area (Å²) in [6.07, 6.45) is 6.66. The van der Waals surface area contributed by atoms with Crippen LogP contribution < -0.4 is 0 Å². The molecule has 0 aromatic heterocycles. The van der Waals surface area contributed by atoms with E-state index in [2.05, 4.69) is 47.5 Å². The van der Waals surface area contributed by atoms with Gasteiger partial charge in [-0.25, -0.2) is 12.7 Å². The summed E-state index contributed by atoms with van der Waals surface area (Å²) >= 11 is 0. The summed E-state index contributed by atoms with van der Waals surface area (Å²) in [6.45, 7) is 3.19. The number of aryl methyl sites for hydroxylation is 1. The summed E-state index contributed by atoms with van der Waals surface area (Å²) in [5.41, 5.74) is 5.66. The first-order valence-corrected chi connectivity index (χ1v) is 13.4. The highest BCUT2D eigenvalue weighted by molar-refractivity contribution is 7.88. The highest BCUT2D eigenvalue weighted by Crippen LogP contribution is 2.32. The van der Waals surface area contributed by atoms with Gasteiger partial charge in [0.15, 0.2) is 0 Å². The highest BCUT2D eigenvalue weighted by Gasteiger charge is 2.26. The first kappa shape index (κ1) is 24.2. The van der Waals surface area contributed by atoms with E-state index in [9.17, 15) is 18.0 Å². The molecule has 1 saturated heterocycles. The van der Waals surface area contributed by atoms with Crippen LogP contribution in [0.5, 0.6) is 0 Å². The fraction of sp³-hybridized carbons (Fsp3) is 0.385. The number of rotatable bonds is 7. The maximum absolute atomic E-state index is 12.5. The number of hydrogen-bond donors (Lipinski definition) is 0. The van der Waals surface area contributed by atoms with Crippen molar-refractivity contribution in [3.05, 3.63) is 71.4 Å². The first-order chi connectivity index (χ1) is 16.2. The van der Waals surface area contributed by atoms with Crippen LogP contribution in [-0.4, -0.2) is 43.8 Å². The Morgan fingerprint density at radius 3 is 2.44 bits per heavy atom. The largest absolute Gasteiger partial charge is 0.298 e. The number of amides is 1. The SMILES string of the molecule is Cc1c(CCC(=O)C2C=CN=NC2=O)cccc1-c1ccc(C2CCN(S(C)(=O)=O)CC2)cc1. The van der Waals surface area contributed by atoms with E-state index < -0.39 is 21.8 Å². The zero-order chi connectivity index (χ0) is 24.3. The van der Waals surface area contributed by atoms with Crippen LogP contribution in [0.4, 0.5) is 0 Å². The smallest absolute Gasteiger partial charge is 0.278 e. The van der Waals surface area contributed by atoms with E-state index >= 15 is 0 Å². The van der Waals surface area contributed by atoms with Crippen LogP contribution in [0.1, 0.15) is 41.9 Å². The molecule has 0 spiro atoms. The van der Waals surface area contributed by atoms with E-state index in [1.807, 2.05) is 12.1 Å². The Kier molecular flexibility index (Phi) is 7.19. The van der Waals surface area contributed by atoms with Gasteiger partial charge in [0.05, 0.1) is 6.26 Å². The highest BCUT2D eigenvalue weighted by atomic mass is 32.2. The lowest BCUT2D eigenvalue weighted by Crippen LogP contribution is -2.37. The quantitative estimate of drug-likeness (QED) is 0.549. The molecule has 0 N–H and O–H groups in total. The predicted octanol–water partition coefficient (Wildman–Crippen LogP) is 4.43. The number of sulfonamides is 1. The van der Waals surface area contributed by atoms with Gasteiger partial charge >= 0.3 is 0 Å². The zero-order valence-electron chi connectivity index (χ0n) is 19.5. The molecule has 2 aliphatic heterocycles. The van der Waals surface area contributed by atoms with E-state index in [1.54, 1.807) is 4.31 Å². The van der Waals surface area contributed by atoms with Crippen molar-refractivity contribution >= 4 is 21.7 Å². The Morgan fingerprint density at radius 1 is 1.09 bits per heavy atom. The van der Waals surface area contributed by atoms with Gasteiger partial charge in [0.1, 0.15) is 11.7 Å². The van der Waals surface area contributed by atoms with Gasteiger partial charge in [-0.1, -0.05) is 42.5 Å². The molecule has 4 rings (SSSR count). The number of azo groups is 1. The lowest BCUT2D eigenvalue weighted by Gasteiger charge is -2.30. The maximum Gasteiger partial charge on any atom is 0.278 e. The number of piperidine rings is 1. The molecule has 1 atom stereocenters. The van der Waals surface area contributed by atoms with Crippen LogP contribution in [0, 0.1) is 12.8 Å². The summed E-state index contributed by atoms with van der Waals surface area (Å²) in [6, 6.07) is 14.6. The molecular formula is C26H29N3O4S. The molecule has 1 fully saturated rings. The maximum atomic E-state index is 12.5. The van der Waals surface area contributed by atoms with Gasteiger partial charge < -0.3 is 0 Å². The third kappa shape index (κ3) is 5.39. The van der Waals surface area contributed by atoms with Crippen LogP contribution in [0.2, 0.25) is 0 Å². The van der Waals surface area contributed by atoms with Crippen molar-refractivity contribution in [2.24, 2.45) is 16.1 Å². The number of Topliss-reactive ketones (excluding diaryl/α,β-unsaturated/α-hetero) is 1. The van der Waals surface area contributed by atoms with Gasteiger partial charge in [0.25, 0.3) is 5.91 Å². The van der Waals surface area contributed by atoms with Crippen molar-refractivity contribution in [2.75, 3.05) is 19.3 Å². The van der Waals surface area contributed by atoms with Crippen LogP contribution in [0.15, 0.2) is 65.0 Å². The number of nitrogens with zero attached hydrogens (tertiary/aromatic N) is 3. The lowest BCUT2D eigenvalue weighted by molar-refractivity contribution is -0.130. The fourth-order valence-electron chi connectivity index (χ4n) is 4.74. The van der Waals surface area contributed by atoms with E-state index in [1.165, 1.54) is 24.1 Å². The van der Waals surface area contributed by atoms with Gasteiger partial charge in [-0.3, -0.25) is 9.59 Å². The Bertz CT molecular complexity index is 1240. The number of ketones is 1. The minimum absolute atomic E-state index is 0.143. The van der Waals surface area contributed by atoms with Gasteiger partial charge in [-0.2, -0.15) is 5.11 Å². The number of carbonyl (C=O) groups excluding carboxylic acids is 2. The Labute approximate surface area is 200 Å². The molecule has 8 heteroatoms. The molecule has 178 valence electrons. The van der Waals surface area contributed by atoms with Crippen LogP contribution >= 0.6 is 0 Å². The summed E-state index contributed by atoms with van der Waals surface area (Å²) in [5.74, 6) is -1.10. The lowest BCUT2D eigenvalue weighted by atomic mass is 9.88. The number of benzene rings is 2. The second-order valence-electron chi connectivity index (χ2n) is 8.99. The zero-order valence-corrected chi connectivity index (χ0v) is 20.3. The average molecular weight is 480 g/mol. The minimum Gasteiger partial charge on any atom is -0.298 e. The van der Waals surface area contributed by atoms with E-state index in [4.69, 9.17) is 0 Å². The van der Waals surface area contributed by atoms with Gasteiger partial charge in [-0.15, -0.1) is 5.11 Å². The van der Waals surface area contributed by atoms with Crippen molar-refractivity contribution in [1.82, 2.24) is 4.31 Å². The fourth-order valence-corrected chi connectivity index (χ4v) is 5.61. The molecular weight excluding hydrogens is 450 g/mol. The van der Waals surface area contributed by atoms with E-state index in [0.717, 1.165) is 35.1 Å². The molecule has 7 nitrogen and oxygen atoms in total. The standard InChI is InChI=1S/C26H29N3O4S/c1-18-19(10-11-25(30)24-12-15-27-28-26(24)31)4-3-5-23(18)22-8-6-20(7-9-22)21-13-16-29(17-14-21)34(2,32)33/h3-9,12,15,21,24H,10-11,13-14,16-17H2,1-2H3. The monoisotopic (exact) mass is 479 g/mol. The van der Waals surface area contributed by atoms with Crippen molar-refractivity contribution < 1.29 is 18.0 Å². The molecule has 0 aliphatic carbocycles. The predicted molar refractivity (Wildman–Crippen MR) is 131 cm³/mol. The molecule has 1 unspecified atom stereocenters. The normalized spacial score (nSPS) is 19.5. The molecule has 2 aliphatic rings. The van der Waals surface area contributed by atoms with Gasteiger partial charge in [-0.05, 0) is 66.0 Å². The summed E-state index contributed by atoms with van der Waals surface area (Å²) in [7, 11) is -3.12. The molecule has 34 heavy (non-hydrogen) atoms. The second kappa shape index (κ2) is 10.1. The first-order valence-electron chi connectivity index (χ1n) is 11.5. The van der Waals surface area contributed by atoms with Crippen LogP contribution in [0.3, 0.4) is 0 Å². The van der Waals surface area contributed by atoms with Crippen molar-refractivity contribution in [3.8, 4) is 11.1 Å². The molecule has 1 amide bonds. The van der Waals surface area contributed by atoms with Crippen LogP contribution in [0.25, 0.3) is 11.1 Å². The number of hydrogen-bond acceptors (Lipinski definition) is 5.